The van der Waals surface area contributed by atoms with Gasteiger partial charge in [0.15, 0.2) is 0 Å². The Kier molecular flexibility index (Phi) is 3.05. The molecular weight excluding hydrogens is 170 g/mol. The van der Waals surface area contributed by atoms with Crippen molar-refractivity contribution < 1.29 is 4.79 Å². The summed E-state index contributed by atoms with van der Waals surface area (Å²) in [5.41, 5.74) is 0.887. The molecule has 1 amide bonds. The molecule has 2 nitrogen and oxygen atoms in total. The van der Waals surface area contributed by atoms with Crippen molar-refractivity contribution in [2.45, 2.75) is 13.8 Å². The largest absolute Gasteiger partial charge is 0.325 e. The number of amides is 1. The molecule has 0 aliphatic heterocycles. The summed E-state index contributed by atoms with van der Waals surface area (Å²) in [7, 11) is 0. The summed E-state index contributed by atoms with van der Waals surface area (Å²) >= 11 is 1.61. The van der Waals surface area contributed by atoms with Crippen molar-refractivity contribution in [3.63, 3.8) is 0 Å². The van der Waals surface area contributed by atoms with Crippen molar-refractivity contribution >= 4 is 22.9 Å². The molecule has 0 fully saturated rings. The highest BCUT2D eigenvalue weighted by Crippen LogP contribution is 2.17. The van der Waals surface area contributed by atoms with E-state index in [0.717, 1.165) is 10.6 Å². The van der Waals surface area contributed by atoms with Gasteiger partial charge in [-0.15, -0.1) is 11.3 Å². The smallest absolute Gasteiger partial charge is 0.221 e. The molecule has 64 valence electrons. The fourth-order valence-corrected chi connectivity index (χ4v) is 1.65. The number of nitrogens with one attached hydrogen (secondary N) is 1. The van der Waals surface area contributed by atoms with E-state index in [1.54, 1.807) is 11.3 Å². The number of carbonyl (C=O) groups excluding carboxylic acids is 1. The standard InChI is InChI=1S/C9H11NOS/c1-3-8(10-7(2)11)9-5-4-6-12-9/h3-6H,1-2H3,(H,10,11)/b8-3+. The second kappa shape index (κ2) is 4.07. The van der Waals surface area contributed by atoms with Gasteiger partial charge in [-0.1, -0.05) is 12.1 Å². The number of allylic oxidation sites excluding steroid dienone is 1. The predicted molar refractivity (Wildman–Crippen MR) is 51.8 cm³/mol. The van der Waals surface area contributed by atoms with Gasteiger partial charge < -0.3 is 5.32 Å². The molecule has 0 saturated carbocycles. The second-order valence-electron chi connectivity index (χ2n) is 2.36. The van der Waals surface area contributed by atoms with E-state index in [-0.39, 0.29) is 5.91 Å². The highest BCUT2D eigenvalue weighted by atomic mass is 32.1. The van der Waals surface area contributed by atoms with Gasteiger partial charge >= 0.3 is 0 Å². The van der Waals surface area contributed by atoms with Crippen LogP contribution in [0.2, 0.25) is 0 Å². The minimum absolute atomic E-state index is 0.0310. The van der Waals surface area contributed by atoms with E-state index in [4.69, 9.17) is 0 Å². The average Bonchev–Trinajstić information content (AvgIpc) is 2.51. The zero-order valence-electron chi connectivity index (χ0n) is 7.13. The van der Waals surface area contributed by atoms with Gasteiger partial charge in [-0.3, -0.25) is 4.79 Å². The molecule has 0 saturated heterocycles. The van der Waals surface area contributed by atoms with E-state index in [9.17, 15) is 4.79 Å². The van der Waals surface area contributed by atoms with Crippen molar-refractivity contribution in [2.24, 2.45) is 0 Å². The molecule has 1 aromatic rings. The lowest BCUT2D eigenvalue weighted by molar-refractivity contribution is -0.117. The summed E-state index contributed by atoms with van der Waals surface area (Å²) in [6, 6.07) is 3.95. The summed E-state index contributed by atoms with van der Waals surface area (Å²) in [6.07, 6.45) is 1.90. The summed E-state index contributed by atoms with van der Waals surface area (Å²) < 4.78 is 0. The van der Waals surface area contributed by atoms with Crippen LogP contribution in [0.3, 0.4) is 0 Å². The average molecular weight is 181 g/mol. The molecule has 12 heavy (non-hydrogen) atoms. The summed E-state index contributed by atoms with van der Waals surface area (Å²) in [6.45, 7) is 3.42. The molecule has 1 heterocycles. The Morgan fingerprint density at radius 1 is 1.67 bits per heavy atom. The minimum atomic E-state index is -0.0310. The van der Waals surface area contributed by atoms with Crippen LogP contribution in [0, 0.1) is 0 Å². The molecule has 1 aromatic heterocycles. The van der Waals surface area contributed by atoms with Gasteiger partial charge in [0.1, 0.15) is 0 Å². The summed E-state index contributed by atoms with van der Waals surface area (Å²) in [5.74, 6) is -0.0310. The zero-order valence-corrected chi connectivity index (χ0v) is 7.94. The molecule has 0 unspecified atom stereocenters. The number of thiophene rings is 1. The minimum Gasteiger partial charge on any atom is -0.325 e. The molecule has 0 aliphatic rings. The van der Waals surface area contributed by atoms with Gasteiger partial charge in [0.2, 0.25) is 5.91 Å². The van der Waals surface area contributed by atoms with Gasteiger partial charge in [-0.25, -0.2) is 0 Å². The van der Waals surface area contributed by atoms with E-state index in [2.05, 4.69) is 5.32 Å². The highest BCUT2D eigenvalue weighted by molar-refractivity contribution is 7.11. The van der Waals surface area contributed by atoms with Crippen LogP contribution < -0.4 is 5.32 Å². The van der Waals surface area contributed by atoms with Gasteiger partial charge in [-0.05, 0) is 18.4 Å². The van der Waals surface area contributed by atoms with Gasteiger partial charge in [0, 0.05) is 6.92 Å². The predicted octanol–water partition coefficient (Wildman–Crippen LogP) is 2.25. The Balaban J connectivity index is 2.78. The quantitative estimate of drug-likeness (QED) is 0.745. The number of hydrogen-bond acceptors (Lipinski definition) is 2. The SMILES string of the molecule is C/C=C(/NC(C)=O)c1cccs1. The molecule has 1 rings (SSSR count). The molecular formula is C9H11NOS. The van der Waals surface area contributed by atoms with Crippen LogP contribution in [0.25, 0.3) is 5.70 Å². The number of carbonyl (C=O) groups is 1. The number of hydrogen-bond donors (Lipinski definition) is 1. The van der Waals surface area contributed by atoms with Crippen LogP contribution in [-0.4, -0.2) is 5.91 Å². The molecule has 1 N–H and O–H groups in total. The van der Waals surface area contributed by atoms with Crippen molar-refractivity contribution in [3.05, 3.63) is 28.5 Å². The normalized spacial score (nSPS) is 11.3. The Hall–Kier alpha value is -1.09. The Labute approximate surface area is 75.9 Å². The fourth-order valence-electron chi connectivity index (χ4n) is 0.897. The van der Waals surface area contributed by atoms with Crippen LogP contribution in [-0.2, 0) is 4.79 Å². The Morgan fingerprint density at radius 2 is 2.42 bits per heavy atom. The second-order valence-corrected chi connectivity index (χ2v) is 3.31. The van der Waals surface area contributed by atoms with E-state index in [1.807, 2.05) is 30.5 Å². The molecule has 0 bridgehead atoms. The third-order valence-corrected chi connectivity index (χ3v) is 2.29. The third-order valence-electron chi connectivity index (χ3n) is 1.39. The topological polar surface area (TPSA) is 29.1 Å². The molecule has 0 aliphatic carbocycles. The first kappa shape index (κ1) is 9.00. The first-order chi connectivity index (χ1) is 5.74. The monoisotopic (exact) mass is 181 g/mol. The van der Waals surface area contributed by atoms with Gasteiger partial charge in [0.25, 0.3) is 0 Å². The third kappa shape index (κ3) is 2.20. The van der Waals surface area contributed by atoms with Gasteiger partial charge in [-0.2, -0.15) is 0 Å². The first-order valence-electron chi connectivity index (χ1n) is 3.72. The van der Waals surface area contributed by atoms with E-state index >= 15 is 0 Å². The van der Waals surface area contributed by atoms with Crippen LogP contribution >= 0.6 is 11.3 Å². The summed E-state index contributed by atoms with van der Waals surface area (Å²) in [4.78, 5) is 11.9. The molecule has 0 radical (unpaired) electrons. The maximum Gasteiger partial charge on any atom is 0.221 e. The number of rotatable bonds is 2. The van der Waals surface area contributed by atoms with Crippen LogP contribution in [0.1, 0.15) is 18.7 Å². The lowest BCUT2D eigenvalue weighted by Crippen LogP contribution is -2.17. The van der Waals surface area contributed by atoms with E-state index in [0.29, 0.717) is 0 Å². The van der Waals surface area contributed by atoms with E-state index in [1.165, 1.54) is 6.92 Å². The van der Waals surface area contributed by atoms with Crippen LogP contribution in [0.15, 0.2) is 23.6 Å². The maximum absolute atomic E-state index is 10.8. The Bertz CT molecular complexity index is 287. The molecule has 0 aromatic carbocycles. The zero-order chi connectivity index (χ0) is 8.97. The molecule has 3 heteroatoms. The van der Waals surface area contributed by atoms with Crippen molar-refractivity contribution in [3.8, 4) is 0 Å². The van der Waals surface area contributed by atoms with E-state index < -0.39 is 0 Å². The Morgan fingerprint density at radius 3 is 2.83 bits per heavy atom. The molecule has 0 atom stereocenters. The summed E-state index contributed by atoms with van der Waals surface area (Å²) in [5, 5.41) is 4.75. The lowest BCUT2D eigenvalue weighted by Gasteiger charge is -2.03. The maximum atomic E-state index is 10.8. The van der Waals surface area contributed by atoms with Crippen LogP contribution in [0.4, 0.5) is 0 Å². The highest BCUT2D eigenvalue weighted by Gasteiger charge is 2.01. The van der Waals surface area contributed by atoms with Crippen molar-refractivity contribution in [2.75, 3.05) is 0 Å². The van der Waals surface area contributed by atoms with Gasteiger partial charge in [0.05, 0.1) is 10.6 Å². The van der Waals surface area contributed by atoms with Crippen LogP contribution in [0.5, 0.6) is 0 Å². The van der Waals surface area contributed by atoms with Crippen molar-refractivity contribution in [1.82, 2.24) is 5.32 Å². The molecule has 0 spiro atoms. The first-order valence-corrected chi connectivity index (χ1v) is 4.59. The fraction of sp³-hybridized carbons (Fsp3) is 0.222. The lowest BCUT2D eigenvalue weighted by atomic mass is 10.3. The van der Waals surface area contributed by atoms with Crippen molar-refractivity contribution in [1.29, 1.82) is 0 Å².